The van der Waals surface area contributed by atoms with Crippen molar-refractivity contribution in [3.63, 3.8) is 0 Å². The summed E-state index contributed by atoms with van der Waals surface area (Å²) in [5, 5.41) is 3.26. The van der Waals surface area contributed by atoms with E-state index in [0.29, 0.717) is 23.7 Å². The van der Waals surface area contributed by atoms with Gasteiger partial charge in [-0.1, -0.05) is 66.6 Å². The Balaban J connectivity index is 2.10. The Kier molecular flexibility index (Phi) is 8.87. The number of hydrogen-bond acceptors (Lipinski definition) is 3. The van der Waals surface area contributed by atoms with Crippen molar-refractivity contribution in [1.29, 1.82) is 0 Å². The van der Waals surface area contributed by atoms with Crippen molar-refractivity contribution in [2.24, 2.45) is 0 Å². The number of amides is 2. The monoisotopic (exact) mass is 418 g/mol. The molecule has 150 valence electrons. The topological polar surface area (TPSA) is 49.4 Å². The predicted octanol–water partition coefficient (Wildman–Crippen LogP) is 4.44. The first-order valence-corrected chi connectivity index (χ1v) is 10.9. The Morgan fingerprint density at radius 2 is 1.82 bits per heavy atom. The van der Waals surface area contributed by atoms with Gasteiger partial charge in [0.05, 0.1) is 5.75 Å². The molecule has 2 rings (SSSR count). The lowest BCUT2D eigenvalue weighted by molar-refractivity contribution is -0.139. The summed E-state index contributed by atoms with van der Waals surface area (Å²) in [6.45, 7) is 4.28. The number of nitrogens with zero attached hydrogens (tertiary/aromatic N) is 1. The summed E-state index contributed by atoms with van der Waals surface area (Å²) in [6.07, 6.45) is 0.540. The standard InChI is InChI=1S/C22H27ClN2O2S/c1-4-20(22(27)24-3)25(13-18-7-5-6-8-19(18)23)21(26)15-28-14-17-11-9-16(2)10-12-17/h5-12,20H,4,13-15H2,1-3H3,(H,24,27)/t20-/m0/s1. The smallest absolute Gasteiger partial charge is 0.242 e. The normalized spacial score (nSPS) is 11.7. The molecule has 0 saturated carbocycles. The molecule has 0 spiro atoms. The zero-order chi connectivity index (χ0) is 20.5. The lowest BCUT2D eigenvalue weighted by Crippen LogP contribution is -2.48. The molecule has 1 N–H and O–H groups in total. The number of carbonyl (C=O) groups excluding carboxylic acids is 2. The lowest BCUT2D eigenvalue weighted by Gasteiger charge is -2.30. The second kappa shape index (κ2) is 11.1. The molecule has 0 radical (unpaired) electrons. The third kappa shape index (κ3) is 6.28. The van der Waals surface area contributed by atoms with Crippen LogP contribution in [0.25, 0.3) is 0 Å². The average Bonchev–Trinajstić information content (AvgIpc) is 2.70. The Labute approximate surface area is 176 Å². The summed E-state index contributed by atoms with van der Waals surface area (Å²) in [6, 6.07) is 15.2. The van der Waals surface area contributed by atoms with Gasteiger partial charge in [0.25, 0.3) is 0 Å². The van der Waals surface area contributed by atoms with Gasteiger partial charge < -0.3 is 10.2 Å². The number of carbonyl (C=O) groups is 2. The van der Waals surface area contributed by atoms with Gasteiger partial charge >= 0.3 is 0 Å². The molecule has 0 bridgehead atoms. The fourth-order valence-corrected chi connectivity index (χ4v) is 3.99. The van der Waals surface area contributed by atoms with E-state index in [1.807, 2.05) is 25.1 Å². The van der Waals surface area contributed by atoms with E-state index in [9.17, 15) is 9.59 Å². The quantitative estimate of drug-likeness (QED) is 0.655. The first-order valence-electron chi connectivity index (χ1n) is 9.34. The van der Waals surface area contributed by atoms with Gasteiger partial charge in [0.1, 0.15) is 6.04 Å². The van der Waals surface area contributed by atoms with Gasteiger partial charge in [-0.05, 0) is 30.5 Å². The number of likely N-dealkylation sites (N-methyl/N-ethyl adjacent to an activating group) is 1. The van der Waals surface area contributed by atoms with Crippen LogP contribution in [0.1, 0.15) is 30.0 Å². The highest BCUT2D eigenvalue weighted by molar-refractivity contribution is 7.99. The molecule has 2 aromatic rings. The number of halogens is 1. The molecule has 2 aromatic carbocycles. The molecule has 0 aliphatic rings. The molecule has 2 amide bonds. The highest BCUT2D eigenvalue weighted by atomic mass is 35.5. The van der Waals surface area contributed by atoms with Gasteiger partial charge in [-0.3, -0.25) is 9.59 Å². The summed E-state index contributed by atoms with van der Waals surface area (Å²) < 4.78 is 0. The van der Waals surface area contributed by atoms with Crippen LogP contribution in [-0.2, 0) is 21.9 Å². The number of aryl methyl sites for hydroxylation is 1. The summed E-state index contributed by atoms with van der Waals surface area (Å²) in [7, 11) is 1.59. The summed E-state index contributed by atoms with van der Waals surface area (Å²) in [4.78, 5) is 27.0. The van der Waals surface area contributed by atoms with Gasteiger partial charge in [0.2, 0.25) is 11.8 Å². The molecule has 28 heavy (non-hydrogen) atoms. The van der Waals surface area contributed by atoms with Gasteiger partial charge in [0.15, 0.2) is 0 Å². The van der Waals surface area contributed by atoms with Crippen molar-refractivity contribution in [1.82, 2.24) is 10.2 Å². The zero-order valence-corrected chi connectivity index (χ0v) is 18.1. The van der Waals surface area contributed by atoms with Crippen LogP contribution in [0.3, 0.4) is 0 Å². The number of nitrogens with one attached hydrogen (secondary N) is 1. The summed E-state index contributed by atoms with van der Waals surface area (Å²) in [5.74, 6) is 0.841. The predicted molar refractivity (Wildman–Crippen MR) is 117 cm³/mol. The Hall–Kier alpha value is -1.98. The molecule has 0 heterocycles. The van der Waals surface area contributed by atoms with Crippen molar-refractivity contribution in [3.8, 4) is 0 Å². The van der Waals surface area contributed by atoms with Crippen LogP contribution in [-0.4, -0.2) is 35.6 Å². The summed E-state index contributed by atoms with van der Waals surface area (Å²) >= 11 is 7.84. The Morgan fingerprint density at radius 1 is 1.14 bits per heavy atom. The fourth-order valence-electron chi connectivity index (χ4n) is 2.92. The number of hydrogen-bond donors (Lipinski definition) is 1. The molecule has 0 aliphatic heterocycles. The van der Waals surface area contributed by atoms with E-state index in [2.05, 4.69) is 36.5 Å². The van der Waals surface area contributed by atoms with Crippen LogP contribution in [0, 0.1) is 6.92 Å². The highest BCUT2D eigenvalue weighted by Gasteiger charge is 2.28. The van der Waals surface area contributed by atoms with Crippen LogP contribution >= 0.6 is 23.4 Å². The van der Waals surface area contributed by atoms with Crippen LogP contribution in [0.5, 0.6) is 0 Å². The van der Waals surface area contributed by atoms with Gasteiger partial charge in [0, 0.05) is 24.4 Å². The minimum absolute atomic E-state index is 0.0625. The number of benzene rings is 2. The second-order valence-electron chi connectivity index (χ2n) is 6.63. The Morgan fingerprint density at radius 3 is 2.43 bits per heavy atom. The van der Waals surface area contributed by atoms with E-state index in [-0.39, 0.29) is 11.8 Å². The molecule has 0 saturated heterocycles. The molecule has 0 aliphatic carbocycles. The molecular formula is C22H27ClN2O2S. The fraction of sp³-hybridized carbons (Fsp3) is 0.364. The molecule has 0 unspecified atom stereocenters. The zero-order valence-electron chi connectivity index (χ0n) is 16.6. The van der Waals surface area contributed by atoms with Gasteiger partial charge in [-0.2, -0.15) is 0 Å². The third-order valence-corrected chi connectivity index (χ3v) is 5.90. The average molecular weight is 419 g/mol. The van der Waals surface area contributed by atoms with Crippen molar-refractivity contribution < 1.29 is 9.59 Å². The molecule has 6 heteroatoms. The van der Waals surface area contributed by atoms with E-state index in [4.69, 9.17) is 11.6 Å². The maximum Gasteiger partial charge on any atom is 0.242 e. The lowest BCUT2D eigenvalue weighted by atomic mass is 10.1. The first kappa shape index (κ1) is 22.3. The number of thioether (sulfide) groups is 1. The number of rotatable bonds is 9. The maximum absolute atomic E-state index is 13.0. The molecule has 0 aromatic heterocycles. The molecular weight excluding hydrogens is 392 g/mol. The third-order valence-electron chi connectivity index (χ3n) is 4.55. The van der Waals surface area contributed by atoms with E-state index in [0.717, 1.165) is 11.3 Å². The van der Waals surface area contributed by atoms with E-state index in [1.165, 1.54) is 11.1 Å². The Bertz CT molecular complexity index is 795. The van der Waals surface area contributed by atoms with Gasteiger partial charge in [-0.15, -0.1) is 11.8 Å². The van der Waals surface area contributed by atoms with Crippen molar-refractivity contribution >= 4 is 35.2 Å². The van der Waals surface area contributed by atoms with Crippen molar-refractivity contribution in [2.75, 3.05) is 12.8 Å². The van der Waals surface area contributed by atoms with Crippen LogP contribution in [0.15, 0.2) is 48.5 Å². The van der Waals surface area contributed by atoms with Crippen molar-refractivity contribution in [3.05, 3.63) is 70.2 Å². The van der Waals surface area contributed by atoms with Crippen LogP contribution in [0.4, 0.5) is 0 Å². The van der Waals surface area contributed by atoms with Crippen LogP contribution in [0.2, 0.25) is 5.02 Å². The van der Waals surface area contributed by atoms with Crippen molar-refractivity contribution in [2.45, 2.75) is 38.6 Å². The molecule has 4 nitrogen and oxygen atoms in total. The molecule has 0 fully saturated rings. The largest absolute Gasteiger partial charge is 0.357 e. The highest BCUT2D eigenvalue weighted by Crippen LogP contribution is 2.21. The van der Waals surface area contributed by atoms with E-state index >= 15 is 0 Å². The minimum Gasteiger partial charge on any atom is -0.357 e. The SMILES string of the molecule is CC[C@@H](C(=O)NC)N(Cc1ccccc1Cl)C(=O)CSCc1ccc(C)cc1. The first-order chi connectivity index (χ1) is 13.5. The molecule has 1 atom stereocenters. The van der Waals surface area contributed by atoms with E-state index < -0.39 is 6.04 Å². The van der Waals surface area contributed by atoms with E-state index in [1.54, 1.807) is 29.8 Å². The minimum atomic E-state index is -0.520. The second-order valence-corrected chi connectivity index (χ2v) is 8.02. The van der Waals surface area contributed by atoms with Gasteiger partial charge in [-0.25, -0.2) is 0 Å². The van der Waals surface area contributed by atoms with Crippen LogP contribution < -0.4 is 5.32 Å². The summed E-state index contributed by atoms with van der Waals surface area (Å²) in [5.41, 5.74) is 3.23. The maximum atomic E-state index is 13.0.